The summed E-state index contributed by atoms with van der Waals surface area (Å²) in [5.41, 5.74) is 2.02. The van der Waals surface area contributed by atoms with Crippen LogP contribution in [0.25, 0.3) is 11.4 Å². The molecule has 1 amide bonds. The van der Waals surface area contributed by atoms with E-state index in [1.165, 1.54) is 6.42 Å². The monoisotopic (exact) mass is 438 g/mol. The lowest BCUT2D eigenvalue weighted by Crippen LogP contribution is -2.12. The average Bonchev–Trinajstić information content (AvgIpc) is 2.94. The largest absolute Gasteiger partial charge is 0.489 e. The normalized spacial score (nSPS) is 15.5. The number of aromatic nitrogens is 3. The Bertz CT molecular complexity index is 1130. The van der Waals surface area contributed by atoms with Gasteiger partial charge in [-0.05, 0) is 37.1 Å². The number of halogens is 1. The van der Waals surface area contributed by atoms with Gasteiger partial charge in [0.2, 0.25) is 0 Å². The number of carbonyl (C=O) groups excluding carboxylic acids is 1. The van der Waals surface area contributed by atoms with Crippen molar-refractivity contribution in [3.05, 3.63) is 52.8 Å². The lowest BCUT2D eigenvalue weighted by molar-refractivity contribution is 0.102. The zero-order valence-electron chi connectivity index (χ0n) is 17.1. The van der Waals surface area contributed by atoms with Crippen LogP contribution in [0.1, 0.15) is 41.9 Å². The van der Waals surface area contributed by atoms with Gasteiger partial charge in [-0.25, -0.2) is 0 Å². The summed E-state index contributed by atoms with van der Waals surface area (Å²) < 4.78 is 13.5. The smallest absolute Gasteiger partial charge is 0.255 e. The Labute approximate surface area is 185 Å². The highest BCUT2D eigenvalue weighted by atomic mass is 35.5. The lowest BCUT2D eigenvalue weighted by Gasteiger charge is -2.12. The molecule has 0 saturated carbocycles. The highest BCUT2D eigenvalue weighted by Gasteiger charge is 2.20. The summed E-state index contributed by atoms with van der Waals surface area (Å²) in [4.78, 5) is 12.9. The number of rotatable bonds is 3. The molecular formula is C23H23ClN4O3. The van der Waals surface area contributed by atoms with Gasteiger partial charge in [-0.15, -0.1) is 10.2 Å². The predicted molar refractivity (Wildman–Crippen MR) is 118 cm³/mol. The van der Waals surface area contributed by atoms with E-state index in [1.54, 1.807) is 12.1 Å². The Kier molecular flexibility index (Phi) is 5.51. The highest BCUT2D eigenvalue weighted by Crippen LogP contribution is 2.38. The molecule has 3 heterocycles. The molecule has 1 aromatic heterocycles. The van der Waals surface area contributed by atoms with Crippen LogP contribution in [0.2, 0.25) is 5.02 Å². The third kappa shape index (κ3) is 4.10. The molecule has 160 valence electrons. The molecular weight excluding hydrogens is 416 g/mol. The number of benzene rings is 2. The van der Waals surface area contributed by atoms with Crippen molar-refractivity contribution in [1.82, 2.24) is 14.8 Å². The van der Waals surface area contributed by atoms with E-state index in [2.05, 4.69) is 20.1 Å². The van der Waals surface area contributed by atoms with Crippen molar-refractivity contribution in [2.75, 3.05) is 18.5 Å². The summed E-state index contributed by atoms with van der Waals surface area (Å²) in [6, 6.07) is 10.9. The maximum Gasteiger partial charge on any atom is 0.255 e. The minimum absolute atomic E-state index is 0.269. The molecule has 2 aliphatic heterocycles. The molecule has 2 aliphatic rings. The van der Waals surface area contributed by atoms with E-state index >= 15 is 0 Å². The van der Waals surface area contributed by atoms with E-state index in [4.69, 9.17) is 21.1 Å². The Morgan fingerprint density at radius 1 is 1.03 bits per heavy atom. The minimum atomic E-state index is -0.269. The van der Waals surface area contributed by atoms with E-state index in [-0.39, 0.29) is 5.91 Å². The second-order valence-corrected chi connectivity index (χ2v) is 8.18. The second kappa shape index (κ2) is 8.59. The molecule has 0 bridgehead atoms. The summed E-state index contributed by atoms with van der Waals surface area (Å²) in [6.07, 6.45) is 5.20. The van der Waals surface area contributed by atoms with E-state index in [0.29, 0.717) is 41.0 Å². The number of fused-ring (bicyclic) bond motifs is 2. The van der Waals surface area contributed by atoms with Crippen LogP contribution in [0.3, 0.4) is 0 Å². The Hall–Kier alpha value is -3.06. The number of nitrogens with one attached hydrogen (secondary N) is 1. The van der Waals surface area contributed by atoms with E-state index in [1.807, 2.05) is 24.3 Å². The van der Waals surface area contributed by atoms with E-state index in [9.17, 15) is 4.79 Å². The fourth-order valence-electron chi connectivity index (χ4n) is 4.00. The third-order valence-electron chi connectivity index (χ3n) is 5.55. The zero-order valence-corrected chi connectivity index (χ0v) is 17.8. The molecule has 0 fully saturated rings. The van der Waals surface area contributed by atoms with Gasteiger partial charge in [0, 0.05) is 36.2 Å². The van der Waals surface area contributed by atoms with Crippen molar-refractivity contribution in [2.24, 2.45) is 0 Å². The first kappa shape index (κ1) is 19.9. The van der Waals surface area contributed by atoms with Crippen LogP contribution in [0.15, 0.2) is 36.4 Å². The van der Waals surface area contributed by atoms with Crippen molar-refractivity contribution in [3.63, 3.8) is 0 Å². The van der Waals surface area contributed by atoms with Crippen LogP contribution >= 0.6 is 11.6 Å². The van der Waals surface area contributed by atoms with Crippen molar-refractivity contribution < 1.29 is 14.3 Å². The molecule has 1 N–H and O–H groups in total. The molecule has 31 heavy (non-hydrogen) atoms. The summed E-state index contributed by atoms with van der Waals surface area (Å²) in [5, 5.41) is 12.1. The van der Waals surface area contributed by atoms with Crippen LogP contribution in [0.5, 0.6) is 11.5 Å². The Morgan fingerprint density at radius 3 is 2.87 bits per heavy atom. The number of anilines is 1. The van der Waals surface area contributed by atoms with Gasteiger partial charge < -0.3 is 19.4 Å². The fourth-order valence-corrected chi connectivity index (χ4v) is 4.27. The number of amides is 1. The summed E-state index contributed by atoms with van der Waals surface area (Å²) >= 11 is 6.34. The van der Waals surface area contributed by atoms with Gasteiger partial charge in [-0.1, -0.05) is 30.2 Å². The molecule has 0 saturated heterocycles. The summed E-state index contributed by atoms with van der Waals surface area (Å²) in [6.45, 7) is 1.99. The van der Waals surface area contributed by atoms with E-state index < -0.39 is 0 Å². The molecule has 7 nitrogen and oxygen atoms in total. The van der Waals surface area contributed by atoms with Gasteiger partial charge in [0.1, 0.15) is 5.82 Å². The van der Waals surface area contributed by atoms with Crippen molar-refractivity contribution in [3.8, 4) is 22.9 Å². The molecule has 0 unspecified atom stereocenters. The van der Waals surface area contributed by atoms with Gasteiger partial charge in [-0.2, -0.15) is 0 Å². The quantitative estimate of drug-likeness (QED) is 0.639. The standard InChI is InChI=1S/C23H23ClN4O3/c24-18-13-16(14-19-21(18)31-11-5-10-30-19)23(29)25-17-7-4-6-15(12-17)22-27-26-20-8-2-1-3-9-28(20)22/h4,6-7,12-14H,1-3,5,8-11H2,(H,25,29). The zero-order chi connectivity index (χ0) is 21.2. The minimum Gasteiger partial charge on any atom is -0.489 e. The molecule has 5 rings (SSSR count). The van der Waals surface area contributed by atoms with Crippen LogP contribution < -0.4 is 14.8 Å². The third-order valence-corrected chi connectivity index (χ3v) is 5.83. The van der Waals surface area contributed by atoms with Gasteiger partial charge in [0.15, 0.2) is 17.3 Å². The van der Waals surface area contributed by atoms with Crippen molar-refractivity contribution in [2.45, 2.75) is 38.6 Å². The van der Waals surface area contributed by atoms with Crippen molar-refractivity contribution in [1.29, 1.82) is 0 Å². The Balaban J connectivity index is 1.39. The summed E-state index contributed by atoms with van der Waals surface area (Å²) in [7, 11) is 0. The predicted octanol–water partition coefficient (Wildman–Crippen LogP) is 4.74. The highest BCUT2D eigenvalue weighted by molar-refractivity contribution is 6.32. The van der Waals surface area contributed by atoms with Crippen LogP contribution in [0, 0.1) is 0 Å². The number of carbonyl (C=O) groups is 1. The first-order valence-corrected chi connectivity index (χ1v) is 11.0. The number of hydrogen-bond donors (Lipinski definition) is 1. The van der Waals surface area contributed by atoms with E-state index in [0.717, 1.165) is 49.4 Å². The maximum absolute atomic E-state index is 12.9. The first-order chi connectivity index (χ1) is 15.2. The number of ether oxygens (including phenoxy) is 2. The van der Waals surface area contributed by atoms with Gasteiger partial charge in [-0.3, -0.25) is 4.79 Å². The number of hydrogen-bond acceptors (Lipinski definition) is 5. The molecule has 0 atom stereocenters. The van der Waals surface area contributed by atoms with Crippen LogP contribution in [-0.4, -0.2) is 33.9 Å². The second-order valence-electron chi connectivity index (χ2n) is 7.77. The molecule has 3 aromatic rings. The molecule has 0 spiro atoms. The number of aryl methyl sites for hydroxylation is 1. The molecule has 8 heteroatoms. The SMILES string of the molecule is O=C(Nc1cccc(-c2nnc3n2CCCCC3)c1)c1cc(Cl)c2c(c1)OCCCO2. The molecule has 0 aliphatic carbocycles. The van der Waals surface area contributed by atoms with Gasteiger partial charge in [0.25, 0.3) is 5.91 Å². The molecule has 0 radical (unpaired) electrons. The Morgan fingerprint density at radius 2 is 1.94 bits per heavy atom. The maximum atomic E-state index is 12.9. The average molecular weight is 439 g/mol. The topological polar surface area (TPSA) is 78.3 Å². The fraction of sp³-hybridized carbons (Fsp3) is 0.348. The first-order valence-electron chi connectivity index (χ1n) is 10.6. The number of nitrogens with zero attached hydrogens (tertiary/aromatic N) is 3. The summed E-state index contributed by atoms with van der Waals surface area (Å²) in [5.74, 6) is 2.59. The van der Waals surface area contributed by atoms with Gasteiger partial charge >= 0.3 is 0 Å². The molecule has 2 aromatic carbocycles. The van der Waals surface area contributed by atoms with Crippen molar-refractivity contribution >= 4 is 23.2 Å². The lowest BCUT2D eigenvalue weighted by atomic mass is 10.1. The van der Waals surface area contributed by atoms with Crippen LogP contribution in [0.4, 0.5) is 5.69 Å². The van der Waals surface area contributed by atoms with Crippen LogP contribution in [-0.2, 0) is 13.0 Å². The van der Waals surface area contributed by atoms with Gasteiger partial charge in [0.05, 0.1) is 18.2 Å².